The molecule has 3 aromatic rings. The molecule has 0 aliphatic carbocycles. The number of nitrogens with one attached hydrogen (secondary N) is 1. The molecule has 1 N–H and O–H groups in total. The Kier molecular flexibility index (Phi) is 4.45. The van der Waals surface area contributed by atoms with Gasteiger partial charge in [-0.25, -0.2) is 17.2 Å². The van der Waals surface area contributed by atoms with Crippen LogP contribution in [0, 0.1) is 0 Å². The Morgan fingerprint density at radius 3 is 2.76 bits per heavy atom. The maximum absolute atomic E-state index is 13.8. The Morgan fingerprint density at radius 1 is 1.21 bits per heavy atom. The van der Waals surface area contributed by atoms with Gasteiger partial charge in [0.05, 0.1) is 10.6 Å². The first-order valence-corrected chi connectivity index (χ1v) is 12.1. The standard InChI is InChI=1S/C22H15ClF2N4O4S/c23-13-4-6-15-12(8-13)10-29-11-16(27-15)21(29)28(34(31,32)14-5-7-19(30)26-9-14)17-2-1-3-18(20(17)29)33-22(24)25/h1-10,16,21-22H,11H2/p+1/t16-,21?,29+/m1/s1. The van der Waals surface area contributed by atoms with Crippen molar-refractivity contribution in [3.8, 4) is 5.75 Å². The molecule has 1 fully saturated rings. The molecule has 1 unspecified atom stereocenters. The van der Waals surface area contributed by atoms with Crippen LogP contribution in [0.3, 0.4) is 0 Å². The lowest BCUT2D eigenvalue weighted by Crippen LogP contribution is -2.74. The molecule has 6 rings (SSSR count). The van der Waals surface area contributed by atoms with Gasteiger partial charge in [-0.3, -0.25) is 9.79 Å². The van der Waals surface area contributed by atoms with Gasteiger partial charge in [0, 0.05) is 17.3 Å². The van der Waals surface area contributed by atoms with E-state index in [1.165, 1.54) is 22.5 Å². The van der Waals surface area contributed by atoms with Gasteiger partial charge in [0.1, 0.15) is 23.3 Å². The molecule has 3 aliphatic rings. The average molecular weight is 506 g/mol. The maximum Gasteiger partial charge on any atom is 0.387 e. The largest absolute Gasteiger partial charge is 0.428 e. The fourth-order valence-electron chi connectivity index (χ4n) is 5.10. The second kappa shape index (κ2) is 7.11. The molecule has 1 spiro atoms. The number of anilines is 1. The van der Waals surface area contributed by atoms with Crippen LogP contribution in [0.25, 0.3) is 6.20 Å². The number of sulfonamides is 1. The van der Waals surface area contributed by atoms with Gasteiger partial charge in [-0.1, -0.05) is 17.7 Å². The molecule has 174 valence electrons. The van der Waals surface area contributed by atoms with Gasteiger partial charge in [0.2, 0.25) is 17.4 Å². The van der Waals surface area contributed by atoms with Crippen LogP contribution in [0.2, 0.25) is 5.02 Å². The predicted molar refractivity (Wildman–Crippen MR) is 121 cm³/mol. The van der Waals surface area contributed by atoms with Crippen molar-refractivity contribution in [2.24, 2.45) is 4.99 Å². The lowest BCUT2D eigenvalue weighted by molar-refractivity contribution is -0.0505. The lowest BCUT2D eigenvalue weighted by atomic mass is 10.0. The topological polar surface area (TPSA) is 91.8 Å². The molecule has 2 bridgehead atoms. The summed E-state index contributed by atoms with van der Waals surface area (Å²) in [6.07, 6.45) is 2.16. The third-order valence-corrected chi connectivity index (χ3v) is 8.38. The zero-order valence-electron chi connectivity index (χ0n) is 17.2. The van der Waals surface area contributed by atoms with Crippen molar-refractivity contribution in [2.75, 3.05) is 10.8 Å². The molecule has 34 heavy (non-hydrogen) atoms. The number of rotatable bonds is 4. The summed E-state index contributed by atoms with van der Waals surface area (Å²) in [6, 6.07) is 11.4. The van der Waals surface area contributed by atoms with Gasteiger partial charge in [-0.05, 0) is 36.4 Å². The number of aromatic nitrogens is 1. The van der Waals surface area contributed by atoms with Gasteiger partial charge in [-0.2, -0.15) is 8.78 Å². The first-order chi connectivity index (χ1) is 16.2. The van der Waals surface area contributed by atoms with Crippen molar-refractivity contribution in [2.45, 2.75) is 23.7 Å². The number of hydrogen-bond donors (Lipinski definition) is 1. The quantitative estimate of drug-likeness (QED) is 0.548. The number of para-hydroxylation sites is 1. The highest BCUT2D eigenvalue weighted by Gasteiger charge is 2.68. The van der Waals surface area contributed by atoms with Crippen LogP contribution in [-0.2, 0) is 10.0 Å². The number of benzene rings is 2. The molecule has 1 aromatic heterocycles. The average Bonchev–Trinajstić information content (AvgIpc) is 2.87. The van der Waals surface area contributed by atoms with E-state index in [0.29, 0.717) is 27.8 Å². The number of nitrogens with zero attached hydrogens (tertiary/aromatic N) is 3. The van der Waals surface area contributed by atoms with Gasteiger partial charge >= 0.3 is 6.61 Å². The van der Waals surface area contributed by atoms with E-state index in [0.717, 1.165) is 12.3 Å². The summed E-state index contributed by atoms with van der Waals surface area (Å²) in [5.74, 6) is -0.114. The van der Waals surface area contributed by atoms with Crippen molar-refractivity contribution in [1.29, 1.82) is 0 Å². The van der Waals surface area contributed by atoms with Gasteiger partial charge in [-0.15, -0.1) is 0 Å². The number of aromatic amines is 1. The van der Waals surface area contributed by atoms with E-state index >= 15 is 0 Å². The number of alkyl halides is 2. The van der Waals surface area contributed by atoms with Gasteiger partial charge < -0.3 is 9.72 Å². The molecule has 2 aromatic carbocycles. The van der Waals surface area contributed by atoms with E-state index in [1.807, 2.05) is 0 Å². The third-order valence-electron chi connectivity index (χ3n) is 6.37. The van der Waals surface area contributed by atoms with E-state index in [1.54, 1.807) is 30.5 Å². The Balaban J connectivity index is 1.65. The monoisotopic (exact) mass is 505 g/mol. The fourth-order valence-corrected chi connectivity index (χ4v) is 6.96. The smallest absolute Gasteiger partial charge is 0.387 e. The zero-order chi connectivity index (χ0) is 23.8. The van der Waals surface area contributed by atoms with Crippen LogP contribution in [0.5, 0.6) is 5.75 Å². The Bertz CT molecular complexity index is 1620. The summed E-state index contributed by atoms with van der Waals surface area (Å²) in [4.78, 5) is 18.5. The van der Waals surface area contributed by atoms with Crippen LogP contribution >= 0.6 is 11.6 Å². The number of halogens is 3. The van der Waals surface area contributed by atoms with Crippen LogP contribution in [0.1, 0.15) is 0 Å². The molecule has 3 atom stereocenters. The minimum Gasteiger partial charge on any atom is -0.428 e. The Labute approximate surface area is 196 Å². The fraction of sp³-hybridized carbons (Fsp3) is 0.182. The van der Waals surface area contributed by atoms with Gasteiger partial charge in [0.25, 0.3) is 10.0 Å². The summed E-state index contributed by atoms with van der Waals surface area (Å²) in [7, 11) is -4.21. The first kappa shape index (κ1) is 21.3. The molecule has 0 saturated carbocycles. The number of quaternary nitrogens is 1. The minimum absolute atomic E-state index is 0.0671. The molecule has 8 nitrogen and oxygen atoms in total. The molecule has 3 aliphatic heterocycles. The predicted octanol–water partition coefficient (Wildman–Crippen LogP) is 1.93. The summed E-state index contributed by atoms with van der Waals surface area (Å²) in [6.45, 7) is -2.74. The van der Waals surface area contributed by atoms with Crippen molar-refractivity contribution in [3.63, 3.8) is 0 Å². The lowest BCUT2D eigenvalue weighted by Gasteiger charge is -2.49. The van der Waals surface area contributed by atoms with E-state index in [-0.39, 0.29) is 20.8 Å². The molecule has 0 amide bonds. The summed E-state index contributed by atoms with van der Waals surface area (Å²) >= 11 is 6.20. The van der Waals surface area contributed by atoms with E-state index < -0.39 is 34.4 Å². The van der Waals surface area contributed by atoms with Crippen molar-refractivity contribution >= 4 is 39.2 Å². The first-order valence-electron chi connectivity index (χ1n) is 10.3. The van der Waals surface area contributed by atoms with Crippen molar-refractivity contribution in [3.05, 3.63) is 80.7 Å². The highest BCUT2D eigenvalue weighted by atomic mass is 35.5. The van der Waals surface area contributed by atoms with Crippen LogP contribution < -0.4 is 29.7 Å². The van der Waals surface area contributed by atoms with Crippen LogP contribution in [0.15, 0.2) is 69.4 Å². The molecule has 4 heterocycles. The third kappa shape index (κ3) is 2.87. The SMILES string of the molecule is O=c1ccc(S(=O)(=O)N2c3cccc(OC(F)F)c3[N@+]34C=c5cc(Cl)ccc5=N[C@H](C3)C24)c[nH]1. The van der Waals surface area contributed by atoms with Crippen LogP contribution in [0.4, 0.5) is 20.2 Å². The Morgan fingerprint density at radius 2 is 2.03 bits per heavy atom. The summed E-state index contributed by atoms with van der Waals surface area (Å²) in [5.41, 5.74) is 0.0717. The van der Waals surface area contributed by atoms with E-state index in [4.69, 9.17) is 21.3 Å². The molecule has 1 saturated heterocycles. The molecule has 0 radical (unpaired) electrons. The summed E-state index contributed by atoms with van der Waals surface area (Å²) < 4.78 is 60.3. The highest BCUT2D eigenvalue weighted by Crippen LogP contribution is 2.58. The van der Waals surface area contributed by atoms with Crippen molar-refractivity contribution < 1.29 is 21.9 Å². The number of pyridine rings is 1. The molecular formula is C22H16ClF2N4O4S+. The highest BCUT2D eigenvalue weighted by molar-refractivity contribution is 7.93. The molecule has 12 heteroatoms. The Hall–Kier alpha value is -3.28. The number of hydrogen-bond acceptors (Lipinski definition) is 5. The minimum atomic E-state index is -4.21. The number of ether oxygens (including phenoxy) is 1. The van der Waals surface area contributed by atoms with E-state index in [9.17, 15) is 22.0 Å². The number of fused-ring (bicyclic) bond motifs is 4. The van der Waals surface area contributed by atoms with Gasteiger partial charge in [0.15, 0.2) is 11.8 Å². The second-order valence-corrected chi connectivity index (χ2v) is 10.5. The van der Waals surface area contributed by atoms with Crippen LogP contribution in [-0.4, -0.2) is 38.8 Å². The van der Waals surface area contributed by atoms with E-state index in [2.05, 4.69) is 4.98 Å². The van der Waals surface area contributed by atoms with Crippen molar-refractivity contribution in [1.82, 2.24) is 9.47 Å². The maximum atomic E-state index is 13.8. The molecular weight excluding hydrogens is 490 g/mol. The summed E-state index contributed by atoms with van der Waals surface area (Å²) in [5, 5.41) is 1.77. The second-order valence-electron chi connectivity index (χ2n) is 8.25. The number of H-pyrrole nitrogens is 1. The zero-order valence-corrected chi connectivity index (χ0v) is 18.8. The normalized spacial score (nSPS) is 24.2.